The SMILES string of the molecule is Cl.NC1(c2noc(-c3cccc(S(=O)(=O)NCc4cccs4)c3)n2)CCC1. The summed E-state index contributed by atoms with van der Waals surface area (Å²) in [6.45, 7) is 0.255. The highest BCUT2D eigenvalue weighted by Gasteiger charge is 2.39. The summed E-state index contributed by atoms with van der Waals surface area (Å²) in [7, 11) is -3.64. The third-order valence-electron chi connectivity index (χ3n) is 4.52. The first-order valence-electron chi connectivity index (χ1n) is 8.22. The van der Waals surface area contributed by atoms with E-state index in [1.807, 2.05) is 17.5 Å². The number of hydrogen-bond acceptors (Lipinski definition) is 7. The first-order valence-corrected chi connectivity index (χ1v) is 10.6. The zero-order chi connectivity index (χ0) is 18.2. The van der Waals surface area contributed by atoms with Crippen LogP contribution in [0.15, 0.2) is 51.2 Å². The Morgan fingerprint density at radius 3 is 2.74 bits per heavy atom. The molecule has 3 N–H and O–H groups in total. The number of rotatable bonds is 6. The molecule has 2 aromatic heterocycles. The topological polar surface area (TPSA) is 111 Å². The Bertz CT molecular complexity index is 1010. The normalized spacial score (nSPS) is 15.7. The van der Waals surface area contributed by atoms with E-state index < -0.39 is 15.6 Å². The predicted octanol–water partition coefficient (Wildman–Crippen LogP) is 3.04. The van der Waals surface area contributed by atoms with Crippen LogP contribution in [0.2, 0.25) is 0 Å². The van der Waals surface area contributed by atoms with Crippen LogP contribution in [0.25, 0.3) is 11.5 Å². The van der Waals surface area contributed by atoms with Crippen LogP contribution >= 0.6 is 23.7 Å². The second kappa shape index (κ2) is 7.69. The standard InChI is InChI=1S/C17H18N4O3S2.ClH/c18-17(7-3-8-17)16-20-15(24-21-16)12-4-1-6-14(10-12)26(22,23)19-11-13-5-2-9-25-13;/h1-2,4-6,9-10,19H,3,7-8,11,18H2;1H. The predicted molar refractivity (Wildman–Crippen MR) is 105 cm³/mol. The number of thiophene rings is 1. The third kappa shape index (κ3) is 4.07. The van der Waals surface area contributed by atoms with Crippen LogP contribution < -0.4 is 10.5 Å². The summed E-state index contributed by atoms with van der Waals surface area (Å²) in [5.41, 5.74) is 6.24. The number of benzene rings is 1. The number of nitrogens with zero attached hydrogens (tertiary/aromatic N) is 2. The van der Waals surface area contributed by atoms with Gasteiger partial charge in [0, 0.05) is 17.0 Å². The molecule has 0 aliphatic heterocycles. The van der Waals surface area contributed by atoms with Gasteiger partial charge >= 0.3 is 0 Å². The maximum atomic E-state index is 12.5. The molecular weight excluding hydrogens is 408 g/mol. The largest absolute Gasteiger partial charge is 0.334 e. The van der Waals surface area contributed by atoms with Crippen LogP contribution in [0.3, 0.4) is 0 Å². The molecule has 0 radical (unpaired) electrons. The molecule has 1 aliphatic carbocycles. The lowest BCUT2D eigenvalue weighted by Crippen LogP contribution is -2.44. The Morgan fingerprint density at radius 1 is 1.26 bits per heavy atom. The van der Waals surface area contributed by atoms with E-state index in [0.717, 1.165) is 24.1 Å². The van der Waals surface area contributed by atoms with E-state index in [1.165, 1.54) is 23.5 Å². The van der Waals surface area contributed by atoms with Gasteiger partial charge in [-0.1, -0.05) is 17.3 Å². The van der Waals surface area contributed by atoms with E-state index >= 15 is 0 Å². The number of sulfonamides is 1. The van der Waals surface area contributed by atoms with Gasteiger partial charge in [0.15, 0.2) is 5.82 Å². The number of nitrogens with two attached hydrogens (primary N) is 1. The van der Waals surface area contributed by atoms with Crippen LogP contribution in [-0.4, -0.2) is 18.6 Å². The van der Waals surface area contributed by atoms with E-state index in [-0.39, 0.29) is 29.7 Å². The third-order valence-corrected chi connectivity index (χ3v) is 6.80. The summed E-state index contributed by atoms with van der Waals surface area (Å²) in [6.07, 6.45) is 2.70. The molecule has 10 heteroatoms. The molecule has 0 amide bonds. The molecule has 1 aromatic carbocycles. The summed E-state index contributed by atoms with van der Waals surface area (Å²) in [5, 5.41) is 5.88. The van der Waals surface area contributed by atoms with Crippen molar-refractivity contribution in [3.63, 3.8) is 0 Å². The molecule has 0 spiro atoms. The quantitative estimate of drug-likeness (QED) is 0.626. The Morgan fingerprint density at radius 2 is 2.07 bits per heavy atom. The highest BCUT2D eigenvalue weighted by molar-refractivity contribution is 7.89. The Hall–Kier alpha value is -1.78. The lowest BCUT2D eigenvalue weighted by molar-refractivity contribution is 0.229. The Balaban J connectivity index is 0.00000210. The summed E-state index contributed by atoms with van der Waals surface area (Å²) < 4.78 is 33.0. The fourth-order valence-electron chi connectivity index (χ4n) is 2.78. The van der Waals surface area contributed by atoms with E-state index in [9.17, 15) is 8.42 Å². The van der Waals surface area contributed by atoms with Gasteiger partial charge in [-0.15, -0.1) is 23.7 Å². The summed E-state index contributed by atoms with van der Waals surface area (Å²) in [4.78, 5) is 5.46. The van der Waals surface area contributed by atoms with Crippen molar-refractivity contribution < 1.29 is 12.9 Å². The Labute approximate surface area is 167 Å². The zero-order valence-electron chi connectivity index (χ0n) is 14.3. The minimum absolute atomic E-state index is 0. The van der Waals surface area contributed by atoms with Crippen molar-refractivity contribution >= 4 is 33.8 Å². The molecule has 1 fully saturated rings. The van der Waals surface area contributed by atoms with E-state index in [2.05, 4.69) is 14.9 Å². The zero-order valence-corrected chi connectivity index (χ0v) is 16.7. The summed E-state index contributed by atoms with van der Waals surface area (Å²) in [5.74, 6) is 0.745. The number of aromatic nitrogens is 2. The van der Waals surface area contributed by atoms with Crippen molar-refractivity contribution in [2.75, 3.05) is 0 Å². The molecule has 7 nitrogen and oxygen atoms in total. The second-order valence-electron chi connectivity index (χ2n) is 6.36. The number of hydrogen-bond donors (Lipinski definition) is 2. The van der Waals surface area contributed by atoms with Crippen LogP contribution in [0.5, 0.6) is 0 Å². The van der Waals surface area contributed by atoms with Gasteiger partial charge in [0.2, 0.25) is 10.0 Å². The van der Waals surface area contributed by atoms with Crippen molar-refractivity contribution in [1.29, 1.82) is 0 Å². The smallest absolute Gasteiger partial charge is 0.258 e. The molecule has 0 saturated heterocycles. The first kappa shape index (κ1) is 20.0. The van der Waals surface area contributed by atoms with E-state index in [0.29, 0.717) is 11.4 Å². The molecule has 0 bridgehead atoms. The fourth-order valence-corrected chi connectivity index (χ4v) is 4.57. The van der Waals surface area contributed by atoms with E-state index in [4.69, 9.17) is 10.3 Å². The van der Waals surface area contributed by atoms with Gasteiger partial charge in [-0.25, -0.2) is 13.1 Å². The van der Waals surface area contributed by atoms with Crippen LogP contribution in [-0.2, 0) is 22.1 Å². The lowest BCUT2D eigenvalue weighted by atomic mass is 9.77. The average Bonchev–Trinajstić information content (AvgIpc) is 3.30. The molecule has 3 aromatic rings. The molecular formula is C17H19ClN4O3S2. The molecule has 27 heavy (non-hydrogen) atoms. The van der Waals surface area contributed by atoms with Crippen molar-refractivity contribution in [2.24, 2.45) is 5.73 Å². The van der Waals surface area contributed by atoms with Crippen LogP contribution in [0, 0.1) is 0 Å². The monoisotopic (exact) mass is 426 g/mol. The van der Waals surface area contributed by atoms with Crippen molar-refractivity contribution in [2.45, 2.75) is 36.2 Å². The molecule has 1 aliphatic rings. The highest BCUT2D eigenvalue weighted by atomic mass is 35.5. The maximum Gasteiger partial charge on any atom is 0.258 e. The first-order chi connectivity index (χ1) is 12.5. The summed E-state index contributed by atoms with van der Waals surface area (Å²) >= 11 is 1.50. The molecule has 4 rings (SSSR count). The summed E-state index contributed by atoms with van der Waals surface area (Å²) in [6, 6.07) is 10.2. The van der Waals surface area contributed by atoms with Gasteiger partial charge in [0.25, 0.3) is 5.89 Å². The van der Waals surface area contributed by atoms with Gasteiger partial charge in [0.05, 0.1) is 10.4 Å². The van der Waals surface area contributed by atoms with Gasteiger partial charge in [0.1, 0.15) is 0 Å². The van der Waals surface area contributed by atoms with Gasteiger partial charge < -0.3 is 10.3 Å². The van der Waals surface area contributed by atoms with Crippen molar-refractivity contribution in [3.05, 3.63) is 52.5 Å². The minimum atomic E-state index is -3.64. The van der Waals surface area contributed by atoms with Gasteiger partial charge in [-0.2, -0.15) is 4.98 Å². The fraction of sp³-hybridized carbons (Fsp3) is 0.294. The number of nitrogens with one attached hydrogen (secondary N) is 1. The van der Waals surface area contributed by atoms with Gasteiger partial charge in [-0.05, 0) is 48.9 Å². The van der Waals surface area contributed by atoms with Crippen LogP contribution in [0.1, 0.15) is 30.0 Å². The van der Waals surface area contributed by atoms with Crippen LogP contribution in [0.4, 0.5) is 0 Å². The second-order valence-corrected chi connectivity index (χ2v) is 9.16. The average molecular weight is 427 g/mol. The molecule has 0 atom stereocenters. The maximum absolute atomic E-state index is 12.5. The van der Waals surface area contributed by atoms with E-state index in [1.54, 1.807) is 12.1 Å². The van der Waals surface area contributed by atoms with Crippen molar-refractivity contribution in [1.82, 2.24) is 14.9 Å². The molecule has 0 unspecified atom stereocenters. The molecule has 144 valence electrons. The lowest BCUT2D eigenvalue weighted by Gasteiger charge is -2.34. The Kier molecular flexibility index (Phi) is 5.68. The highest BCUT2D eigenvalue weighted by Crippen LogP contribution is 2.37. The van der Waals surface area contributed by atoms with Gasteiger partial charge in [-0.3, -0.25) is 0 Å². The molecule has 1 saturated carbocycles. The number of halogens is 1. The minimum Gasteiger partial charge on any atom is -0.334 e. The van der Waals surface area contributed by atoms with Crippen molar-refractivity contribution in [3.8, 4) is 11.5 Å². The molecule has 2 heterocycles.